The highest BCUT2D eigenvalue weighted by atomic mass is 16.3. The highest BCUT2D eigenvalue weighted by Gasteiger charge is 2.45. The lowest BCUT2D eigenvalue weighted by molar-refractivity contribution is 0.0862. The van der Waals surface area contributed by atoms with Gasteiger partial charge in [0.05, 0.1) is 12.2 Å². The molecular weight excluding hydrogens is 372 g/mol. The van der Waals surface area contributed by atoms with Crippen LogP contribution in [0.3, 0.4) is 0 Å². The summed E-state index contributed by atoms with van der Waals surface area (Å²) in [6, 6.07) is 0. The van der Waals surface area contributed by atoms with Crippen LogP contribution in [-0.4, -0.2) is 33.1 Å². The molecule has 0 aromatic rings. The first-order valence-corrected chi connectivity index (χ1v) is 11.4. The average molecular weight is 411 g/mol. The van der Waals surface area contributed by atoms with E-state index in [1.54, 1.807) is 13.8 Å². The van der Waals surface area contributed by atoms with E-state index in [-0.39, 0.29) is 5.41 Å². The van der Waals surface area contributed by atoms with Crippen LogP contribution in [0.2, 0.25) is 0 Å². The molecule has 3 N–H and O–H groups in total. The summed E-state index contributed by atoms with van der Waals surface area (Å²) in [4.78, 5) is 0. The van der Waals surface area contributed by atoms with E-state index in [0.717, 1.165) is 30.4 Å². The molecule has 2 saturated carbocycles. The third-order valence-corrected chi connectivity index (χ3v) is 7.21. The van der Waals surface area contributed by atoms with Crippen LogP contribution in [0.4, 0.5) is 0 Å². The van der Waals surface area contributed by atoms with Crippen LogP contribution in [0.5, 0.6) is 0 Å². The normalized spacial score (nSPS) is 35.6. The minimum absolute atomic E-state index is 0.168. The molecule has 0 amide bonds. The van der Waals surface area contributed by atoms with Gasteiger partial charge in [-0.05, 0) is 74.3 Å². The Morgan fingerprint density at radius 1 is 1.33 bits per heavy atom. The molecular formula is C27H38O3. The Labute approximate surface area is 182 Å². The lowest BCUT2D eigenvalue weighted by Crippen LogP contribution is -2.32. The Bertz CT molecular complexity index is 826. The lowest BCUT2D eigenvalue weighted by Gasteiger charge is -2.42. The van der Waals surface area contributed by atoms with E-state index in [0.29, 0.717) is 24.7 Å². The van der Waals surface area contributed by atoms with Gasteiger partial charge in [0, 0.05) is 12.8 Å². The molecule has 164 valence electrons. The molecule has 3 heteroatoms. The zero-order valence-electron chi connectivity index (χ0n) is 19.0. The molecule has 0 bridgehead atoms. The Morgan fingerprint density at radius 2 is 2.07 bits per heavy atom. The molecule has 1 unspecified atom stereocenters. The van der Waals surface area contributed by atoms with Crippen molar-refractivity contribution in [1.82, 2.24) is 0 Å². The van der Waals surface area contributed by atoms with Crippen molar-refractivity contribution < 1.29 is 15.3 Å². The fraction of sp³-hybridized carbons (Fsp3) is 0.630. The van der Waals surface area contributed by atoms with Crippen molar-refractivity contribution in [2.45, 2.75) is 90.4 Å². The second-order valence-electron chi connectivity index (χ2n) is 10.3. The zero-order valence-corrected chi connectivity index (χ0v) is 19.0. The van der Waals surface area contributed by atoms with Crippen LogP contribution in [0.1, 0.15) is 72.6 Å². The standard InChI is InChI=1S/C27H38O3/c1-18(8-6-14-26(3,4)30)23-12-13-24-20(9-7-15-27(23,24)5)10-11-21-16-22(28)17-25(29)19(21)2/h10-12,18,22,24-25,28-30H,2,7-9,13,15-17H2,1,3-5H3/t18-,22-,24-,25+,27?/m1/s1. The summed E-state index contributed by atoms with van der Waals surface area (Å²) in [7, 11) is 0. The molecule has 3 nitrogen and oxygen atoms in total. The number of allylic oxidation sites excluding steroid dienone is 5. The summed E-state index contributed by atoms with van der Waals surface area (Å²) >= 11 is 0. The largest absolute Gasteiger partial charge is 0.393 e. The number of aliphatic hydroxyl groups excluding tert-OH is 2. The number of hydrogen-bond donors (Lipinski definition) is 3. The molecule has 5 atom stereocenters. The van der Waals surface area contributed by atoms with Crippen LogP contribution in [0.25, 0.3) is 0 Å². The third-order valence-electron chi connectivity index (χ3n) is 7.21. The van der Waals surface area contributed by atoms with Gasteiger partial charge in [-0.25, -0.2) is 0 Å². The van der Waals surface area contributed by atoms with Gasteiger partial charge in [-0.2, -0.15) is 0 Å². The van der Waals surface area contributed by atoms with E-state index in [2.05, 4.69) is 50.5 Å². The van der Waals surface area contributed by atoms with Gasteiger partial charge >= 0.3 is 0 Å². The smallest absolute Gasteiger partial charge is 0.119 e. The SMILES string of the molecule is C=C1C(=CC=C2CCCC3(C)C([C@H](C)CC#CC(C)(C)O)=CC[C@H]23)C[C@@H](O)C[C@@H]1O. The van der Waals surface area contributed by atoms with E-state index in [9.17, 15) is 15.3 Å². The maximum atomic E-state index is 10.1. The summed E-state index contributed by atoms with van der Waals surface area (Å²) in [6.45, 7) is 12.1. The molecule has 3 rings (SSSR count). The number of rotatable bonds is 3. The molecule has 30 heavy (non-hydrogen) atoms. The summed E-state index contributed by atoms with van der Waals surface area (Å²) in [5, 5.41) is 30.0. The molecule has 0 radical (unpaired) electrons. The third kappa shape index (κ3) is 4.99. The molecule has 3 aliphatic rings. The van der Waals surface area contributed by atoms with Gasteiger partial charge in [-0.15, -0.1) is 0 Å². The predicted octanol–water partition coefficient (Wildman–Crippen LogP) is 4.85. The molecule has 0 spiro atoms. The van der Waals surface area contributed by atoms with E-state index in [1.807, 2.05) is 0 Å². The van der Waals surface area contributed by atoms with E-state index in [1.165, 1.54) is 24.0 Å². The van der Waals surface area contributed by atoms with Crippen molar-refractivity contribution in [2.24, 2.45) is 17.3 Å². The maximum absolute atomic E-state index is 10.1. The Balaban J connectivity index is 1.76. The summed E-state index contributed by atoms with van der Waals surface area (Å²) < 4.78 is 0. The summed E-state index contributed by atoms with van der Waals surface area (Å²) in [5.41, 5.74) is 3.95. The van der Waals surface area contributed by atoms with Crippen molar-refractivity contribution in [3.8, 4) is 11.8 Å². The van der Waals surface area contributed by atoms with E-state index >= 15 is 0 Å². The summed E-state index contributed by atoms with van der Waals surface area (Å²) in [5.74, 6) is 7.03. The minimum Gasteiger partial charge on any atom is -0.393 e. The van der Waals surface area contributed by atoms with Crippen molar-refractivity contribution in [3.63, 3.8) is 0 Å². The molecule has 0 aromatic heterocycles. The Morgan fingerprint density at radius 3 is 2.77 bits per heavy atom. The quantitative estimate of drug-likeness (QED) is 0.460. The van der Waals surface area contributed by atoms with E-state index < -0.39 is 17.8 Å². The topological polar surface area (TPSA) is 60.7 Å². The van der Waals surface area contributed by atoms with Gasteiger partial charge in [-0.1, -0.05) is 61.6 Å². The van der Waals surface area contributed by atoms with Gasteiger partial charge < -0.3 is 15.3 Å². The minimum atomic E-state index is -0.936. The first-order valence-electron chi connectivity index (χ1n) is 11.4. The molecule has 0 aliphatic heterocycles. The molecule has 3 aliphatic carbocycles. The lowest BCUT2D eigenvalue weighted by atomic mass is 9.62. The molecule has 2 fully saturated rings. The maximum Gasteiger partial charge on any atom is 0.119 e. The van der Waals surface area contributed by atoms with Crippen LogP contribution in [0.15, 0.2) is 47.1 Å². The van der Waals surface area contributed by atoms with Gasteiger partial charge in [0.25, 0.3) is 0 Å². The number of hydrogen-bond acceptors (Lipinski definition) is 3. The predicted molar refractivity (Wildman–Crippen MR) is 123 cm³/mol. The Hall–Kier alpha value is -1.60. The highest BCUT2D eigenvalue weighted by molar-refractivity contribution is 5.40. The van der Waals surface area contributed by atoms with Crippen LogP contribution >= 0.6 is 0 Å². The zero-order chi connectivity index (χ0) is 22.1. The average Bonchev–Trinajstić information content (AvgIpc) is 3.00. The first-order chi connectivity index (χ1) is 14.0. The number of aliphatic hydroxyl groups is 3. The molecule has 0 saturated heterocycles. The highest BCUT2D eigenvalue weighted by Crippen LogP contribution is 2.56. The summed E-state index contributed by atoms with van der Waals surface area (Å²) in [6.07, 6.45) is 11.9. The van der Waals surface area contributed by atoms with Crippen LogP contribution < -0.4 is 0 Å². The number of fused-ring (bicyclic) bond motifs is 1. The van der Waals surface area contributed by atoms with Crippen molar-refractivity contribution in [3.05, 3.63) is 47.1 Å². The molecule has 0 aromatic carbocycles. The van der Waals surface area contributed by atoms with Crippen LogP contribution in [-0.2, 0) is 0 Å². The van der Waals surface area contributed by atoms with Gasteiger partial charge in [0.1, 0.15) is 5.60 Å². The van der Waals surface area contributed by atoms with Gasteiger partial charge in [-0.3, -0.25) is 0 Å². The van der Waals surface area contributed by atoms with Crippen LogP contribution in [0, 0.1) is 29.1 Å². The van der Waals surface area contributed by atoms with Gasteiger partial charge in [0.15, 0.2) is 0 Å². The van der Waals surface area contributed by atoms with Crippen molar-refractivity contribution in [1.29, 1.82) is 0 Å². The fourth-order valence-corrected chi connectivity index (χ4v) is 5.61. The second-order valence-corrected chi connectivity index (χ2v) is 10.3. The Kier molecular flexibility index (Phi) is 6.82. The first kappa shape index (κ1) is 23.1. The van der Waals surface area contributed by atoms with Gasteiger partial charge in [0.2, 0.25) is 0 Å². The van der Waals surface area contributed by atoms with Crippen molar-refractivity contribution >= 4 is 0 Å². The second kappa shape index (κ2) is 8.87. The fourth-order valence-electron chi connectivity index (χ4n) is 5.61. The monoisotopic (exact) mass is 410 g/mol. The van der Waals surface area contributed by atoms with E-state index in [4.69, 9.17) is 0 Å². The molecule has 0 heterocycles. The van der Waals surface area contributed by atoms with Crippen molar-refractivity contribution in [2.75, 3.05) is 0 Å².